The second-order valence-corrected chi connectivity index (χ2v) is 12.1. The molecule has 0 aromatic carbocycles. The summed E-state index contributed by atoms with van der Waals surface area (Å²) in [5.41, 5.74) is -5.00. The summed E-state index contributed by atoms with van der Waals surface area (Å²) in [6.07, 6.45) is -0.970. The van der Waals surface area contributed by atoms with Gasteiger partial charge in [-0.05, 0) is 26.3 Å². The molecule has 11 heteroatoms. The van der Waals surface area contributed by atoms with E-state index in [1.54, 1.807) is 33.8 Å². The molecule has 0 amide bonds. The Hall–Kier alpha value is -2.79. The molecule has 3 heterocycles. The van der Waals surface area contributed by atoms with Crippen molar-refractivity contribution in [3.63, 3.8) is 0 Å². The molecule has 0 radical (unpaired) electrons. The zero-order valence-electron chi connectivity index (χ0n) is 23.3. The van der Waals surface area contributed by atoms with Gasteiger partial charge >= 0.3 is 23.9 Å². The van der Waals surface area contributed by atoms with Gasteiger partial charge in [-0.1, -0.05) is 26.8 Å². The highest BCUT2D eigenvalue weighted by Crippen LogP contribution is 2.68. The molecular formula is C28H36O11. The molecule has 4 fully saturated rings. The van der Waals surface area contributed by atoms with Crippen molar-refractivity contribution in [2.45, 2.75) is 115 Å². The van der Waals surface area contributed by atoms with Gasteiger partial charge in [-0.2, -0.15) is 0 Å². The highest BCUT2D eigenvalue weighted by Gasteiger charge is 2.91. The maximum Gasteiger partial charge on any atom is 0.342 e. The topological polar surface area (TPSA) is 147 Å². The standard InChI is InChI=1S/C28H36O11/c1-8-9-18(32)36-17-12-26(6)22(38-26)23-28(27(7,39-28)24(33)37-23)21(35-15(4)30)19-13(2)16(31)10-11-25(19,5)20(17)34-14(3)29/h10-11,13,17,19-23H,8-9,12H2,1-7H3/t13-,17-,19+,20-,21?,22-,23-,25-,26+,27-,28+/m0/s1. The van der Waals surface area contributed by atoms with Crippen LogP contribution in [0.3, 0.4) is 0 Å². The number of ether oxygens (including phenoxy) is 6. The Morgan fingerprint density at radius 1 is 1.00 bits per heavy atom. The summed E-state index contributed by atoms with van der Waals surface area (Å²) in [6.45, 7) is 11.2. The van der Waals surface area contributed by atoms with E-state index in [2.05, 4.69) is 0 Å². The van der Waals surface area contributed by atoms with Gasteiger partial charge in [-0.3, -0.25) is 19.2 Å². The number of hydrogen-bond acceptors (Lipinski definition) is 11. The first-order valence-corrected chi connectivity index (χ1v) is 13.5. The number of fused-ring (bicyclic) bond motifs is 3. The van der Waals surface area contributed by atoms with E-state index in [0.717, 1.165) is 0 Å². The summed E-state index contributed by atoms with van der Waals surface area (Å²) >= 11 is 0. The molecule has 5 aliphatic rings. The average molecular weight is 549 g/mol. The minimum absolute atomic E-state index is 0.128. The second-order valence-electron chi connectivity index (χ2n) is 12.1. The lowest BCUT2D eigenvalue weighted by Gasteiger charge is -2.51. The first kappa shape index (κ1) is 27.8. The Kier molecular flexibility index (Phi) is 6.31. The molecule has 11 nitrogen and oxygen atoms in total. The van der Waals surface area contributed by atoms with Gasteiger partial charge in [0.05, 0.1) is 5.60 Å². The molecule has 214 valence electrons. The van der Waals surface area contributed by atoms with Gasteiger partial charge in [0.1, 0.15) is 24.4 Å². The fourth-order valence-electron chi connectivity index (χ4n) is 7.28. The van der Waals surface area contributed by atoms with E-state index in [4.69, 9.17) is 28.4 Å². The first-order chi connectivity index (χ1) is 18.1. The third-order valence-electron chi connectivity index (χ3n) is 9.28. The van der Waals surface area contributed by atoms with Crippen molar-refractivity contribution in [1.29, 1.82) is 0 Å². The molecule has 0 N–H and O–H groups in total. The van der Waals surface area contributed by atoms with Crippen molar-refractivity contribution >= 4 is 29.7 Å². The molecule has 0 aromatic rings. The van der Waals surface area contributed by atoms with Gasteiger partial charge in [0.2, 0.25) is 0 Å². The zero-order chi connectivity index (χ0) is 28.7. The number of ketones is 1. The number of carbonyl (C=O) groups is 5. The Balaban J connectivity index is 1.73. The summed E-state index contributed by atoms with van der Waals surface area (Å²) < 4.78 is 36.0. The van der Waals surface area contributed by atoms with E-state index in [-0.39, 0.29) is 18.6 Å². The van der Waals surface area contributed by atoms with Gasteiger partial charge < -0.3 is 28.4 Å². The highest BCUT2D eigenvalue weighted by molar-refractivity contribution is 5.93. The first-order valence-electron chi connectivity index (χ1n) is 13.5. The molecule has 0 aromatic heterocycles. The van der Waals surface area contributed by atoms with E-state index >= 15 is 0 Å². The quantitative estimate of drug-likeness (QED) is 0.282. The summed E-state index contributed by atoms with van der Waals surface area (Å²) in [5, 5.41) is 0. The molecule has 0 bridgehead atoms. The molecule has 2 aliphatic carbocycles. The van der Waals surface area contributed by atoms with Crippen molar-refractivity contribution in [2.75, 3.05) is 0 Å². The summed E-state index contributed by atoms with van der Waals surface area (Å²) in [7, 11) is 0. The van der Waals surface area contributed by atoms with E-state index < -0.39 is 88.5 Å². The van der Waals surface area contributed by atoms with Crippen LogP contribution in [0.1, 0.15) is 67.7 Å². The fraction of sp³-hybridized carbons (Fsp3) is 0.750. The minimum atomic E-state index is -1.43. The maximum absolute atomic E-state index is 13.1. The van der Waals surface area contributed by atoms with Crippen molar-refractivity contribution in [1.82, 2.24) is 0 Å². The van der Waals surface area contributed by atoms with Crippen LogP contribution in [-0.4, -0.2) is 77.0 Å². The maximum atomic E-state index is 13.1. The van der Waals surface area contributed by atoms with E-state index in [9.17, 15) is 24.0 Å². The molecule has 1 unspecified atom stereocenters. The lowest BCUT2D eigenvalue weighted by molar-refractivity contribution is -0.197. The molecular weight excluding hydrogens is 512 g/mol. The minimum Gasteiger partial charge on any atom is -0.459 e. The van der Waals surface area contributed by atoms with Crippen molar-refractivity contribution in [3.05, 3.63) is 12.2 Å². The molecule has 11 atom stereocenters. The Labute approximate surface area is 226 Å². The Bertz CT molecular complexity index is 1160. The van der Waals surface area contributed by atoms with Crippen LogP contribution in [-0.2, 0) is 52.4 Å². The predicted octanol–water partition coefficient (Wildman–Crippen LogP) is 1.97. The smallest absolute Gasteiger partial charge is 0.342 e. The number of rotatable bonds is 5. The second kappa shape index (κ2) is 8.86. The summed E-state index contributed by atoms with van der Waals surface area (Å²) in [5.74, 6) is -4.18. The van der Waals surface area contributed by atoms with Crippen LogP contribution in [0.5, 0.6) is 0 Å². The Morgan fingerprint density at radius 2 is 1.64 bits per heavy atom. The average Bonchev–Trinajstić information content (AvgIpc) is 3.67. The molecule has 5 rings (SSSR count). The lowest BCUT2D eigenvalue weighted by atomic mass is 9.56. The largest absolute Gasteiger partial charge is 0.459 e. The highest BCUT2D eigenvalue weighted by atomic mass is 16.8. The van der Waals surface area contributed by atoms with Crippen molar-refractivity contribution in [2.24, 2.45) is 17.3 Å². The molecule has 3 saturated heterocycles. The van der Waals surface area contributed by atoms with E-state index in [1.807, 2.05) is 6.92 Å². The normalized spacial score (nSPS) is 47.4. The van der Waals surface area contributed by atoms with Crippen LogP contribution >= 0.6 is 0 Å². The number of esters is 4. The van der Waals surface area contributed by atoms with E-state index in [1.165, 1.54) is 19.9 Å². The SMILES string of the molecule is CCCC(=O)O[C@H]1C[C@@]2(C)O[C@H]2[C@@H]2OC(=O)[C@]3(C)O[C@]23C(OC(C)=O)[C@H]2[C@@H](C)C(=O)C=C[C@]2(C)[C@H]1OC(C)=O. The van der Waals surface area contributed by atoms with Gasteiger partial charge in [0, 0.05) is 43.9 Å². The molecule has 1 saturated carbocycles. The van der Waals surface area contributed by atoms with Crippen LogP contribution in [0.2, 0.25) is 0 Å². The van der Waals surface area contributed by atoms with E-state index in [0.29, 0.717) is 6.42 Å². The molecule has 1 spiro atoms. The number of allylic oxidation sites excluding steroid dienone is 1. The van der Waals surface area contributed by atoms with Crippen LogP contribution < -0.4 is 0 Å². The van der Waals surface area contributed by atoms with Crippen LogP contribution in [0.4, 0.5) is 0 Å². The number of hydrogen-bond donors (Lipinski definition) is 0. The monoisotopic (exact) mass is 548 g/mol. The number of epoxide rings is 2. The summed E-state index contributed by atoms with van der Waals surface area (Å²) in [4.78, 5) is 64.1. The van der Waals surface area contributed by atoms with Gasteiger partial charge in [-0.25, -0.2) is 4.79 Å². The lowest BCUT2D eigenvalue weighted by Crippen LogP contribution is -2.63. The van der Waals surface area contributed by atoms with Gasteiger partial charge in [-0.15, -0.1) is 0 Å². The van der Waals surface area contributed by atoms with Gasteiger partial charge in [0.25, 0.3) is 0 Å². The van der Waals surface area contributed by atoms with Crippen molar-refractivity contribution < 1.29 is 52.4 Å². The van der Waals surface area contributed by atoms with Gasteiger partial charge in [0.15, 0.2) is 23.1 Å². The van der Waals surface area contributed by atoms with Crippen LogP contribution in [0.15, 0.2) is 12.2 Å². The fourth-order valence-corrected chi connectivity index (χ4v) is 7.28. The molecule has 39 heavy (non-hydrogen) atoms. The third-order valence-corrected chi connectivity index (χ3v) is 9.28. The third kappa shape index (κ3) is 3.95. The predicted molar refractivity (Wildman–Crippen MR) is 131 cm³/mol. The number of carbonyl (C=O) groups excluding carboxylic acids is 5. The zero-order valence-corrected chi connectivity index (χ0v) is 23.3. The van der Waals surface area contributed by atoms with Crippen molar-refractivity contribution in [3.8, 4) is 0 Å². The van der Waals surface area contributed by atoms with Crippen LogP contribution in [0, 0.1) is 17.3 Å². The van der Waals surface area contributed by atoms with Crippen LogP contribution in [0.25, 0.3) is 0 Å². The summed E-state index contributed by atoms with van der Waals surface area (Å²) in [6, 6.07) is 0. The molecule has 3 aliphatic heterocycles. The Morgan fingerprint density at radius 3 is 2.23 bits per heavy atom.